The summed E-state index contributed by atoms with van der Waals surface area (Å²) < 4.78 is 7.21. The van der Waals surface area contributed by atoms with E-state index in [1.54, 1.807) is 7.11 Å². The summed E-state index contributed by atoms with van der Waals surface area (Å²) in [5.74, 6) is 1.54. The molecule has 19 heavy (non-hydrogen) atoms. The molecule has 0 fully saturated rings. The van der Waals surface area contributed by atoms with Crippen molar-refractivity contribution in [3.63, 3.8) is 0 Å². The lowest BCUT2D eigenvalue weighted by atomic mass is 10.1. The van der Waals surface area contributed by atoms with Gasteiger partial charge in [0.2, 0.25) is 0 Å². The number of aryl methyl sites for hydroxylation is 2. The molecule has 2 aromatic rings. The monoisotopic (exact) mass is 255 g/mol. The molecule has 0 aliphatic carbocycles. The minimum Gasteiger partial charge on any atom is -0.496 e. The Balaban J connectivity index is 2.67. The van der Waals surface area contributed by atoms with Crippen molar-refractivity contribution in [3.05, 3.63) is 35.2 Å². The highest BCUT2D eigenvalue weighted by Crippen LogP contribution is 2.31. The molecule has 0 atom stereocenters. The SMILES string of the molecule is CCc1ccc(OC)c(-c2nc(C)c(C#N)n2C)c1. The van der Waals surface area contributed by atoms with Gasteiger partial charge < -0.3 is 9.30 Å². The summed E-state index contributed by atoms with van der Waals surface area (Å²) in [7, 11) is 3.50. The Kier molecular flexibility index (Phi) is 3.57. The van der Waals surface area contributed by atoms with Gasteiger partial charge >= 0.3 is 0 Å². The van der Waals surface area contributed by atoms with E-state index in [-0.39, 0.29) is 0 Å². The molecule has 0 N–H and O–H groups in total. The Morgan fingerprint density at radius 2 is 2.16 bits per heavy atom. The van der Waals surface area contributed by atoms with Gasteiger partial charge in [-0.2, -0.15) is 5.26 Å². The van der Waals surface area contributed by atoms with E-state index in [0.717, 1.165) is 29.3 Å². The third-order valence-corrected chi connectivity index (χ3v) is 3.29. The Morgan fingerprint density at radius 3 is 2.68 bits per heavy atom. The van der Waals surface area contributed by atoms with Crippen molar-refractivity contribution in [1.82, 2.24) is 9.55 Å². The molecule has 0 aliphatic rings. The average Bonchev–Trinajstić information content (AvgIpc) is 2.72. The number of hydrogen-bond donors (Lipinski definition) is 0. The summed E-state index contributed by atoms with van der Waals surface area (Å²) in [4.78, 5) is 4.50. The molecular formula is C15H17N3O. The van der Waals surface area contributed by atoms with Gasteiger partial charge in [0.25, 0.3) is 0 Å². The number of hydrogen-bond acceptors (Lipinski definition) is 3. The molecule has 0 amide bonds. The zero-order valence-corrected chi connectivity index (χ0v) is 11.7. The van der Waals surface area contributed by atoms with Crippen molar-refractivity contribution >= 4 is 0 Å². The molecule has 0 bridgehead atoms. The number of ether oxygens (including phenoxy) is 1. The first-order chi connectivity index (χ1) is 9.12. The molecule has 1 aromatic carbocycles. The highest BCUT2D eigenvalue weighted by atomic mass is 16.5. The first-order valence-electron chi connectivity index (χ1n) is 6.23. The van der Waals surface area contributed by atoms with Gasteiger partial charge in [0, 0.05) is 7.05 Å². The highest BCUT2D eigenvalue weighted by molar-refractivity contribution is 5.67. The molecular weight excluding hydrogens is 238 g/mol. The van der Waals surface area contributed by atoms with Crippen molar-refractivity contribution in [2.24, 2.45) is 7.05 Å². The van der Waals surface area contributed by atoms with E-state index in [1.807, 2.05) is 30.7 Å². The molecule has 4 heteroatoms. The van der Waals surface area contributed by atoms with E-state index in [9.17, 15) is 0 Å². The number of nitriles is 1. The van der Waals surface area contributed by atoms with Crippen LogP contribution >= 0.6 is 0 Å². The van der Waals surface area contributed by atoms with Crippen LogP contribution in [0.3, 0.4) is 0 Å². The fourth-order valence-corrected chi connectivity index (χ4v) is 2.18. The number of rotatable bonds is 3. The Bertz CT molecular complexity index is 650. The molecule has 2 rings (SSSR count). The predicted octanol–water partition coefficient (Wildman–Crippen LogP) is 2.84. The molecule has 1 aromatic heterocycles. The van der Waals surface area contributed by atoms with Gasteiger partial charge in [0.15, 0.2) is 0 Å². The quantitative estimate of drug-likeness (QED) is 0.847. The Labute approximate surface area is 113 Å². The van der Waals surface area contributed by atoms with E-state index >= 15 is 0 Å². The van der Waals surface area contributed by atoms with Crippen LogP contribution in [-0.2, 0) is 13.5 Å². The summed E-state index contributed by atoms with van der Waals surface area (Å²) >= 11 is 0. The second kappa shape index (κ2) is 5.15. The minimum absolute atomic E-state index is 0.582. The molecule has 0 spiro atoms. The number of nitrogens with zero attached hydrogens (tertiary/aromatic N) is 3. The van der Waals surface area contributed by atoms with Gasteiger partial charge in [0.1, 0.15) is 23.3 Å². The zero-order valence-electron chi connectivity index (χ0n) is 11.7. The van der Waals surface area contributed by atoms with Crippen LogP contribution in [0.25, 0.3) is 11.4 Å². The topological polar surface area (TPSA) is 50.8 Å². The van der Waals surface area contributed by atoms with E-state index in [1.165, 1.54) is 5.56 Å². The molecule has 0 aliphatic heterocycles. The van der Waals surface area contributed by atoms with Gasteiger partial charge in [-0.1, -0.05) is 13.0 Å². The van der Waals surface area contributed by atoms with Crippen LogP contribution in [0.2, 0.25) is 0 Å². The largest absolute Gasteiger partial charge is 0.496 e. The van der Waals surface area contributed by atoms with Gasteiger partial charge in [0.05, 0.1) is 18.4 Å². The number of aromatic nitrogens is 2. The minimum atomic E-state index is 0.582. The second-order valence-electron chi connectivity index (χ2n) is 4.43. The Morgan fingerprint density at radius 1 is 1.42 bits per heavy atom. The number of imidazole rings is 1. The summed E-state index contributed by atoms with van der Waals surface area (Å²) in [5.41, 5.74) is 3.46. The maximum absolute atomic E-state index is 9.14. The van der Waals surface area contributed by atoms with Crippen LogP contribution in [0.1, 0.15) is 23.9 Å². The Hall–Kier alpha value is -2.28. The molecule has 0 unspecified atom stereocenters. The van der Waals surface area contributed by atoms with Crippen LogP contribution in [0, 0.1) is 18.3 Å². The van der Waals surface area contributed by atoms with Crippen molar-refractivity contribution in [1.29, 1.82) is 5.26 Å². The average molecular weight is 255 g/mol. The zero-order chi connectivity index (χ0) is 14.0. The molecule has 98 valence electrons. The number of benzene rings is 1. The lowest BCUT2D eigenvalue weighted by Crippen LogP contribution is -1.98. The summed E-state index contributed by atoms with van der Waals surface area (Å²) in [5, 5.41) is 9.14. The van der Waals surface area contributed by atoms with E-state index < -0.39 is 0 Å². The van der Waals surface area contributed by atoms with Crippen molar-refractivity contribution in [2.75, 3.05) is 7.11 Å². The fourth-order valence-electron chi connectivity index (χ4n) is 2.18. The summed E-state index contributed by atoms with van der Waals surface area (Å²) in [6.45, 7) is 3.95. The maximum atomic E-state index is 9.14. The second-order valence-corrected chi connectivity index (χ2v) is 4.43. The molecule has 0 saturated carbocycles. The predicted molar refractivity (Wildman–Crippen MR) is 74.0 cm³/mol. The summed E-state index contributed by atoms with van der Waals surface area (Å²) in [6, 6.07) is 8.24. The highest BCUT2D eigenvalue weighted by Gasteiger charge is 2.16. The number of methoxy groups -OCH3 is 1. The lowest BCUT2D eigenvalue weighted by Gasteiger charge is -2.10. The van der Waals surface area contributed by atoms with Gasteiger partial charge in [-0.15, -0.1) is 0 Å². The van der Waals surface area contributed by atoms with Crippen LogP contribution in [0.15, 0.2) is 18.2 Å². The first-order valence-corrected chi connectivity index (χ1v) is 6.23. The van der Waals surface area contributed by atoms with Gasteiger partial charge in [-0.3, -0.25) is 0 Å². The maximum Gasteiger partial charge on any atom is 0.144 e. The van der Waals surface area contributed by atoms with Gasteiger partial charge in [-0.05, 0) is 31.0 Å². The molecule has 0 radical (unpaired) electrons. The van der Waals surface area contributed by atoms with Crippen molar-refractivity contribution < 1.29 is 4.74 Å². The normalized spacial score (nSPS) is 10.3. The van der Waals surface area contributed by atoms with Crippen molar-refractivity contribution in [2.45, 2.75) is 20.3 Å². The smallest absolute Gasteiger partial charge is 0.144 e. The van der Waals surface area contributed by atoms with Gasteiger partial charge in [-0.25, -0.2) is 4.98 Å². The van der Waals surface area contributed by atoms with Crippen LogP contribution < -0.4 is 4.74 Å². The summed E-state index contributed by atoms with van der Waals surface area (Å²) in [6.07, 6.45) is 0.950. The first kappa shape index (κ1) is 13.2. The van der Waals surface area contributed by atoms with Crippen LogP contribution in [0.4, 0.5) is 0 Å². The van der Waals surface area contributed by atoms with Crippen molar-refractivity contribution in [3.8, 4) is 23.2 Å². The third-order valence-electron chi connectivity index (χ3n) is 3.29. The lowest BCUT2D eigenvalue weighted by molar-refractivity contribution is 0.416. The van der Waals surface area contributed by atoms with E-state index in [2.05, 4.69) is 24.0 Å². The standard InChI is InChI=1S/C15H17N3O/c1-5-11-6-7-14(19-4)12(8-11)15-17-10(2)13(9-16)18(15)3/h6-8H,5H2,1-4H3. The van der Waals surface area contributed by atoms with Crippen LogP contribution in [0.5, 0.6) is 5.75 Å². The third kappa shape index (κ3) is 2.19. The van der Waals surface area contributed by atoms with E-state index in [0.29, 0.717) is 5.69 Å². The molecule has 1 heterocycles. The molecule has 4 nitrogen and oxygen atoms in total. The molecule has 0 saturated heterocycles. The fraction of sp³-hybridized carbons (Fsp3) is 0.333. The van der Waals surface area contributed by atoms with Crippen LogP contribution in [-0.4, -0.2) is 16.7 Å². The van der Waals surface area contributed by atoms with E-state index in [4.69, 9.17) is 10.00 Å².